The number of nitrogens with zero attached hydrogens (tertiary/aromatic N) is 2. The highest BCUT2D eigenvalue weighted by molar-refractivity contribution is 7.09. The summed E-state index contributed by atoms with van der Waals surface area (Å²) in [5.74, 6) is 0. The van der Waals surface area contributed by atoms with E-state index in [2.05, 4.69) is 9.97 Å². The minimum absolute atomic E-state index is 0.174. The van der Waals surface area contributed by atoms with Crippen LogP contribution in [-0.4, -0.2) is 16.0 Å². The first kappa shape index (κ1) is 11.2. The van der Waals surface area contributed by atoms with Crippen LogP contribution in [0.2, 0.25) is 0 Å². The quantitative estimate of drug-likeness (QED) is 0.859. The molecule has 0 fully saturated rings. The van der Waals surface area contributed by atoms with Gasteiger partial charge in [0.05, 0.1) is 5.01 Å². The number of aromatic nitrogens is 2. The van der Waals surface area contributed by atoms with Gasteiger partial charge in [-0.15, -0.1) is 11.3 Å². The van der Waals surface area contributed by atoms with Crippen molar-refractivity contribution in [3.63, 3.8) is 0 Å². The molecule has 2 N–H and O–H groups in total. The van der Waals surface area contributed by atoms with Crippen LogP contribution in [0.3, 0.4) is 0 Å². The minimum atomic E-state index is 0.174. The normalized spacial score (nSPS) is 12.6. The van der Waals surface area contributed by atoms with E-state index in [1.54, 1.807) is 11.3 Å². The van der Waals surface area contributed by atoms with E-state index in [9.17, 15) is 0 Å². The molecule has 1 unspecified atom stereocenters. The molecule has 3 nitrogen and oxygen atoms in total. The Morgan fingerprint density at radius 2 is 2.19 bits per heavy atom. The molecular weight excluding hydrogens is 218 g/mol. The Labute approximate surface area is 99.4 Å². The van der Waals surface area contributed by atoms with E-state index in [1.165, 1.54) is 0 Å². The second-order valence-corrected chi connectivity index (χ2v) is 4.73. The van der Waals surface area contributed by atoms with Crippen molar-refractivity contribution < 1.29 is 0 Å². The van der Waals surface area contributed by atoms with Gasteiger partial charge < -0.3 is 5.73 Å². The van der Waals surface area contributed by atoms with Crippen molar-refractivity contribution in [1.82, 2.24) is 9.97 Å². The Kier molecular flexibility index (Phi) is 4.02. The molecule has 84 valence electrons. The third kappa shape index (κ3) is 3.40. The van der Waals surface area contributed by atoms with E-state index in [4.69, 9.17) is 5.73 Å². The van der Waals surface area contributed by atoms with Crippen LogP contribution in [-0.2, 0) is 12.8 Å². The molecule has 16 heavy (non-hydrogen) atoms. The van der Waals surface area contributed by atoms with Gasteiger partial charge in [0.25, 0.3) is 0 Å². The Hall–Kier alpha value is -1.26. The summed E-state index contributed by atoms with van der Waals surface area (Å²) in [6, 6.07) is 6.15. The fraction of sp³-hybridized carbons (Fsp3) is 0.333. The predicted octanol–water partition coefficient (Wildman–Crippen LogP) is 2.04. The summed E-state index contributed by atoms with van der Waals surface area (Å²) in [7, 11) is 0. The van der Waals surface area contributed by atoms with Crippen molar-refractivity contribution in [3.05, 3.63) is 46.7 Å². The number of nitrogens with two attached hydrogens (primary N) is 1. The molecule has 0 aliphatic heterocycles. The lowest BCUT2D eigenvalue weighted by atomic mass is 10.1. The Morgan fingerprint density at radius 3 is 2.88 bits per heavy atom. The first-order valence-corrected chi connectivity index (χ1v) is 6.26. The molecule has 2 aromatic rings. The van der Waals surface area contributed by atoms with Gasteiger partial charge in [-0.2, -0.15) is 0 Å². The van der Waals surface area contributed by atoms with Gasteiger partial charge in [-0.1, -0.05) is 6.07 Å². The van der Waals surface area contributed by atoms with Crippen LogP contribution < -0.4 is 5.73 Å². The first-order valence-electron chi connectivity index (χ1n) is 5.38. The number of hydrogen-bond donors (Lipinski definition) is 1. The summed E-state index contributed by atoms with van der Waals surface area (Å²) in [5.41, 5.74) is 7.16. The highest BCUT2D eigenvalue weighted by Crippen LogP contribution is 2.09. The molecule has 1 atom stereocenters. The number of aryl methyl sites for hydroxylation is 1. The maximum absolute atomic E-state index is 6.05. The van der Waals surface area contributed by atoms with E-state index in [0.717, 1.165) is 30.0 Å². The van der Waals surface area contributed by atoms with Gasteiger partial charge in [-0.3, -0.25) is 4.98 Å². The van der Waals surface area contributed by atoms with Crippen LogP contribution in [0.15, 0.2) is 36.0 Å². The van der Waals surface area contributed by atoms with Gasteiger partial charge in [-0.25, -0.2) is 4.98 Å². The average molecular weight is 233 g/mol. The van der Waals surface area contributed by atoms with Crippen molar-refractivity contribution in [2.24, 2.45) is 5.73 Å². The molecule has 4 heteroatoms. The SMILES string of the molecule is NC(CCc1ccccn1)Cc1nccs1. The molecule has 2 rings (SSSR count). The molecule has 0 amide bonds. The Bertz CT molecular complexity index is 399. The Balaban J connectivity index is 1.78. The average Bonchev–Trinajstić information content (AvgIpc) is 2.81. The molecule has 0 aliphatic carbocycles. The molecule has 2 heterocycles. The summed E-state index contributed by atoms with van der Waals surface area (Å²) in [6.07, 6.45) is 6.40. The van der Waals surface area contributed by atoms with Crippen molar-refractivity contribution in [1.29, 1.82) is 0 Å². The smallest absolute Gasteiger partial charge is 0.0940 e. The lowest BCUT2D eigenvalue weighted by Gasteiger charge is -2.08. The van der Waals surface area contributed by atoms with Crippen LogP contribution in [0.5, 0.6) is 0 Å². The number of pyridine rings is 1. The third-order valence-electron chi connectivity index (χ3n) is 2.42. The summed E-state index contributed by atoms with van der Waals surface area (Å²) in [6.45, 7) is 0. The highest BCUT2D eigenvalue weighted by atomic mass is 32.1. The zero-order chi connectivity index (χ0) is 11.2. The molecule has 0 saturated heterocycles. The van der Waals surface area contributed by atoms with E-state index >= 15 is 0 Å². The molecule has 2 aromatic heterocycles. The molecule has 0 radical (unpaired) electrons. The molecule has 0 aromatic carbocycles. The van der Waals surface area contributed by atoms with Crippen molar-refractivity contribution in [2.75, 3.05) is 0 Å². The molecule has 0 saturated carbocycles. The predicted molar refractivity (Wildman–Crippen MR) is 66.4 cm³/mol. The van der Waals surface area contributed by atoms with Crippen LogP contribution in [0.4, 0.5) is 0 Å². The number of thiazole rings is 1. The standard InChI is InChI=1S/C12H15N3S/c13-10(9-12-15-7-8-16-12)4-5-11-3-1-2-6-14-11/h1-3,6-8,10H,4-5,9,13H2. The summed E-state index contributed by atoms with van der Waals surface area (Å²) in [4.78, 5) is 8.51. The second-order valence-electron chi connectivity index (χ2n) is 3.75. The van der Waals surface area contributed by atoms with E-state index < -0.39 is 0 Å². The maximum Gasteiger partial charge on any atom is 0.0940 e. The van der Waals surface area contributed by atoms with Crippen molar-refractivity contribution in [2.45, 2.75) is 25.3 Å². The van der Waals surface area contributed by atoms with Gasteiger partial charge >= 0.3 is 0 Å². The molecular formula is C12H15N3S. The fourth-order valence-electron chi connectivity index (χ4n) is 1.56. The number of hydrogen-bond acceptors (Lipinski definition) is 4. The zero-order valence-corrected chi connectivity index (χ0v) is 9.86. The van der Waals surface area contributed by atoms with Gasteiger partial charge in [0.2, 0.25) is 0 Å². The Morgan fingerprint density at radius 1 is 1.25 bits per heavy atom. The van der Waals surface area contributed by atoms with Gasteiger partial charge in [0.1, 0.15) is 0 Å². The summed E-state index contributed by atoms with van der Waals surface area (Å²) < 4.78 is 0. The summed E-state index contributed by atoms with van der Waals surface area (Å²) in [5, 5.41) is 3.11. The monoisotopic (exact) mass is 233 g/mol. The number of rotatable bonds is 5. The van der Waals surface area contributed by atoms with Crippen molar-refractivity contribution >= 4 is 11.3 Å². The lowest BCUT2D eigenvalue weighted by Crippen LogP contribution is -2.23. The van der Waals surface area contributed by atoms with Gasteiger partial charge in [-0.05, 0) is 25.0 Å². The molecule has 0 aliphatic rings. The first-order chi connectivity index (χ1) is 7.84. The van der Waals surface area contributed by atoms with Crippen LogP contribution in [0.25, 0.3) is 0 Å². The van der Waals surface area contributed by atoms with Gasteiger partial charge in [0, 0.05) is 35.9 Å². The lowest BCUT2D eigenvalue weighted by molar-refractivity contribution is 0.603. The largest absolute Gasteiger partial charge is 0.327 e. The van der Waals surface area contributed by atoms with Crippen LogP contribution in [0.1, 0.15) is 17.1 Å². The summed E-state index contributed by atoms with van der Waals surface area (Å²) >= 11 is 1.67. The fourth-order valence-corrected chi connectivity index (χ4v) is 2.27. The van der Waals surface area contributed by atoms with E-state index in [1.807, 2.05) is 36.0 Å². The van der Waals surface area contributed by atoms with Crippen LogP contribution in [0, 0.1) is 0 Å². The maximum atomic E-state index is 6.05. The van der Waals surface area contributed by atoms with Crippen molar-refractivity contribution in [3.8, 4) is 0 Å². The van der Waals surface area contributed by atoms with Gasteiger partial charge in [0.15, 0.2) is 0 Å². The van der Waals surface area contributed by atoms with E-state index in [-0.39, 0.29) is 6.04 Å². The topological polar surface area (TPSA) is 51.8 Å². The molecule has 0 spiro atoms. The van der Waals surface area contributed by atoms with E-state index in [0.29, 0.717) is 0 Å². The second kappa shape index (κ2) is 5.72. The zero-order valence-electron chi connectivity index (χ0n) is 9.04. The minimum Gasteiger partial charge on any atom is -0.327 e. The van der Waals surface area contributed by atoms with Crippen LogP contribution >= 0.6 is 11.3 Å². The molecule has 0 bridgehead atoms. The third-order valence-corrected chi connectivity index (χ3v) is 3.22. The highest BCUT2D eigenvalue weighted by Gasteiger charge is 2.06.